The fraction of sp³-hybridized carbons (Fsp3) is 0.200. The van der Waals surface area contributed by atoms with Crippen LogP contribution in [0.5, 0.6) is 0 Å². The van der Waals surface area contributed by atoms with Crippen LogP contribution in [0.2, 0.25) is 0 Å². The Morgan fingerprint density at radius 3 is 2.57 bits per heavy atom. The number of aromatic carboxylic acids is 1. The maximum Gasteiger partial charge on any atom is 0.336 e. The average molecular weight is 288 g/mol. The van der Waals surface area contributed by atoms with Crippen LogP contribution in [-0.4, -0.2) is 17.0 Å². The van der Waals surface area contributed by atoms with Crippen LogP contribution < -0.4 is 11.1 Å². The summed E-state index contributed by atoms with van der Waals surface area (Å²) in [6.07, 6.45) is 0. The lowest BCUT2D eigenvalue weighted by molar-refractivity contribution is 0.0695. The van der Waals surface area contributed by atoms with Gasteiger partial charge in [0.25, 0.3) is 5.91 Å². The standard InChI is InChI=1S/C15H16N2O4/c1-8-5-10(6-12(9(8)2)15(19)20)17-14(18)13-4-3-11(7-16)21-13/h3-6H,7,16H2,1-2H3,(H,17,18)(H,19,20). The van der Waals surface area contributed by atoms with Crippen LogP contribution in [0.25, 0.3) is 0 Å². The molecule has 0 bridgehead atoms. The number of nitrogens with two attached hydrogens (primary N) is 1. The van der Waals surface area contributed by atoms with Gasteiger partial charge in [-0.15, -0.1) is 0 Å². The van der Waals surface area contributed by atoms with Gasteiger partial charge in [-0.25, -0.2) is 4.79 Å². The Balaban J connectivity index is 2.27. The Labute approximate surface area is 121 Å². The topological polar surface area (TPSA) is 106 Å². The molecular weight excluding hydrogens is 272 g/mol. The number of benzene rings is 1. The number of hydrogen-bond acceptors (Lipinski definition) is 4. The molecule has 0 atom stereocenters. The molecule has 6 heteroatoms. The highest BCUT2D eigenvalue weighted by atomic mass is 16.4. The second-order valence-corrected chi connectivity index (χ2v) is 4.70. The van der Waals surface area contributed by atoms with E-state index < -0.39 is 11.9 Å². The molecule has 0 saturated heterocycles. The zero-order chi connectivity index (χ0) is 15.6. The quantitative estimate of drug-likeness (QED) is 0.800. The number of nitrogens with one attached hydrogen (secondary N) is 1. The molecule has 0 aliphatic heterocycles. The Morgan fingerprint density at radius 2 is 2.00 bits per heavy atom. The Hall–Kier alpha value is -2.60. The van der Waals surface area contributed by atoms with Gasteiger partial charge in [-0.2, -0.15) is 0 Å². The Morgan fingerprint density at radius 1 is 1.29 bits per heavy atom. The number of anilines is 1. The first-order valence-corrected chi connectivity index (χ1v) is 6.37. The summed E-state index contributed by atoms with van der Waals surface area (Å²) in [5.41, 5.74) is 7.44. The minimum atomic E-state index is -1.03. The number of amides is 1. The SMILES string of the molecule is Cc1cc(NC(=O)c2ccc(CN)o2)cc(C(=O)O)c1C. The predicted molar refractivity (Wildman–Crippen MR) is 77.4 cm³/mol. The molecule has 6 nitrogen and oxygen atoms in total. The van der Waals surface area contributed by atoms with Gasteiger partial charge in [0.2, 0.25) is 0 Å². The van der Waals surface area contributed by atoms with Crippen molar-refractivity contribution in [3.63, 3.8) is 0 Å². The lowest BCUT2D eigenvalue weighted by Crippen LogP contribution is -2.12. The van der Waals surface area contributed by atoms with Crippen molar-refractivity contribution in [2.24, 2.45) is 5.73 Å². The Bertz CT molecular complexity index is 704. The molecular formula is C15H16N2O4. The lowest BCUT2D eigenvalue weighted by atomic mass is 10.0. The molecule has 0 unspecified atom stereocenters. The summed E-state index contributed by atoms with van der Waals surface area (Å²) in [6, 6.07) is 6.29. The maximum atomic E-state index is 12.0. The highest BCUT2D eigenvalue weighted by molar-refractivity contribution is 6.03. The fourth-order valence-electron chi connectivity index (χ4n) is 1.96. The van der Waals surface area contributed by atoms with Crippen molar-refractivity contribution >= 4 is 17.6 Å². The number of furan rings is 1. The number of hydrogen-bond donors (Lipinski definition) is 3. The summed E-state index contributed by atoms with van der Waals surface area (Å²) in [4.78, 5) is 23.2. The average Bonchev–Trinajstić information content (AvgIpc) is 2.91. The van der Waals surface area contributed by atoms with Crippen molar-refractivity contribution < 1.29 is 19.1 Å². The molecule has 1 amide bonds. The first kappa shape index (κ1) is 14.8. The van der Waals surface area contributed by atoms with Gasteiger partial charge in [0, 0.05) is 5.69 Å². The van der Waals surface area contributed by atoms with Gasteiger partial charge in [0.1, 0.15) is 5.76 Å². The van der Waals surface area contributed by atoms with Crippen LogP contribution in [0.15, 0.2) is 28.7 Å². The highest BCUT2D eigenvalue weighted by Crippen LogP contribution is 2.21. The normalized spacial score (nSPS) is 10.4. The van der Waals surface area contributed by atoms with Crippen LogP contribution in [0.3, 0.4) is 0 Å². The molecule has 0 aliphatic carbocycles. The van der Waals surface area contributed by atoms with Crippen molar-refractivity contribution in [1.29, 1.82) is 0 Å². The van der Waals surface area contributed by atoms with Gasteiger partial charge in [0.05, 0.1) is 12.1 Å². The van der Waals surface area contributed by atoms with E-state index in [-0.39, 0.29) is 17.9 Å². The zero-order valence-corrected chi connectivity index (χ0v) is 11.8. The van der Waals surface area contributed by atoms with E-state index >= 15 is 0 Å². The first-order chi connectivity index (χ1) is 9.92. The van der Waals surface area contributed by atoms with Gasteiger partial charge >= 0.3 is 5.97 Å². The van der Waals surface area contributed by atoms with Gasteiger partial charge in [-0.05, 0) is 49.2 Å². The lowest BCUT2D eigenvalue weighted by Gasteiger charge is -2.10. The summed E-state index contributed by atoms with van der Waals surface area (Å²) in [5.74, 6) is -0.846. The van der Waals surface area contributed by atoms with E-state index in [9.17, 15) is 9.59 Å². The Kier molecular flexibility index (Phi) is 4.09. The second-order valence-electron chi connectivity index (χ2n) is 4.70. The number of rotatable bonds is 4. The second kappa shape index (κ2) is 5.80. The minimum absolute atomic E-state index is 0.130. The smallest absolute Gasteiger partial charge is 0.336 e. The van der Waals surface area contributed by atoms with E-state index in [0.29, 0.717) is 17.0 Å². The fourth-order valence-corrected chi connectivity index (χ4v) is 1.96. The monoisotopic (exact) mass is 288 g/mol. The third-order valence-electron chi connectivity index (χ3n) is 3.24. The number of carbonyl (C=O) groups excluding carboxylic acids is 1. The molecule has 2 rings (SSSR count). The number of aryl methyl sites for hydroxylation is 1. The number of carbonyl (C=O) groups is 2. The summed E-state index contributed by atoms with van der Waals surface area (Å²) in [7, 11) is 0. The zero-order valence-electron chi connectivity index (χ0n) is 11.8. The van der Waals surface area contributed by atoms with E-state index in [1.807, 2.05) is 0 Å². The van der Waals surface area contributed by atoms with Crippen molar-refractivity contribution in [2.75, 3.05) is 5.32 Å². The van der Waals surface area contributed by atoms with Gasteiger partial charge in [0.15, 0.2) is 5.76 Å². The first-order valence-electron chi connectivity index (χ1n) is 6.37. The molecule has 0 radical (unpaired) electrons. The van der Waals surface area contributed by atoms with E-state index in [4.69, 9.17) is 15.3 Å². The van der Waals surface area contributed by atoms with Crippen molar-refractivity contribution in [1.82, 2.24) is 0 Å². The third kappa shape index (κ3) is 3.11. The van der Waals surface area contributed by atoms with Crippen molar-refractivity contribution in [3.8, 4) is 0 Å². The van der Waals surface area contributed by atoms with Crippen LogP contribution in [-0.2, 0) is 6.54 Å². The largest absolute Gasteiger partial charge is 0.478 e. The van der Waals surface area contributed by atoms with Crippen molar-refractivity contribution in [2.45, 2.75) is 20.4 Å². The summed E-state index contributed by atoms with van der Waals surface area (Å²) < 4.78 is 5.25. The molecule has 4 N–H and O–H groups in total. The summed E-state index contributed by atoms with van der Waals surface area (Å²) >= 11 is 0. The van der Waals surface area contributed by atoms with Crippen LogP contribution in [0.1, 0.15) is 37.8 Å². The molecule has 0 saturated carbocycles. The number of carboxylic acid groups (broad SMARTS) is 1. The van der Waals surface area contributed by atoms with Crippen LogP contribution >= 0.6 is 0 Å². The molecule has 2 aromatic rings. The molecule has 1 heterocycles. The minimum Gasteiger partial charge on any atom is -0.478 e. The van der Waals surface area contributed by atoms with E-state index in [0.717, 1.165) is 5.56 Å². The van der Waals surface area contributed by atoms with Crippen LogP contribution in [0, 0.1) is 13.8 Å². The molecule has 0 aliphatic rings. The van der Waals surface area contributed by atoms with Gasteiger partial charge in [-0.1, -0.05) is 0 Å². The van der Waals surface area contributed by atoms with Crippen molar-refractivity contribution in [3.05, 3.63) is 52.5 Å². The molecule has 0 spiro atoms. The highest BCUT2D eigenvalue weighted by Gasteiger charge is 2.15. The molecule has 110 valence electrons. The number of carboxylic acids is 1. The molecule has 0 fully saturated rings. The van der Waals surface area contributed by atoms with Gasteiger partial charge in [-0.3, -0.25) is 4.79 Å². The molecule has 21 heavy (non-hydrogen) atoms. The molecule has 1 aromatic heterocycles. The third-order valence-corrected chi connectivity index (χ3v) is 3.24. The molecule has 1 aromatic carbocycles. The van der Waals surface area contributed by atoms with E-state index in [1.54, 1.807) is 26.0 Å². The summed E-state index contributed by atoms with van der Waals surface area (Å²) in [5, 5.41) is 11.8. The van der Waals surface area contributed by atoms with E-state index in [1.165, 1.54) is 12.1 Å². The predicted octanol–water partition coefficient (Wildman–Crippen LogP) is 2.31. The van der Waals surface area contributed by atoms with Crippen LogP contribution in [0.4, 0.5) is 5.69 Å². The van der Waals surface area contributed by atoms with Gasteiger partial charge < -0.3 is 20.6 Å². The maximum absolute atomic E-state index is 12.0. The summed E-state index contributed by atoms with van der Waals surface area (Å²) in [6.45, 7) is 3.72. The van der Waals surface area contributed by atoms with E-state index in [2.05, 4.69) is 5.32 Å².